The lowest BCUT2D eigenvalue weighted by molar-refractivity contribution is -0.131. The SMILES string of the molecule is CCNC(=O)C(C#N)CC1SC(CCNc2cccc(N(C)C(C)=O)c2)C(=O)N1CC. The highest BCUT2D eigenvalue weighted by Gasteiger charge is 2.40. The predicted octanol–water partition coefficient (Wildman–Crippen LogP) is 2.43. The second kappa shape index (κ2) is 11.6. The molecule has 0 spiro atoms. The molecule has 168 valence electrons. The molecule has 3 atom stereocenters. The van der Waals surface area contributed by atoms with Crippen LogP contribution in [0.3, 0.4) is 0 Å². The summed E-state index contributed by atoms with van der Waals surface area (Å²) in [7, 11) is 1.73. The molecule has 1 aromatic carbocycles. The summed E-state index contributed by atoms with van der Waals surface area (Å²) in [6.45, 7) is 6.86. The van der Waals surface area contributed by atoms with Gasteiger partial charge in [0, 0.05) is 51.4 Å². The van der Waals surface area contributed by atoms with Crippen LogP contribution in [0, 0.1) is 17.2 Å². The Kier molecular flexibility index (Phi) is 9.19. The van der Waals surface area contributed by atoms with Crippen molar-refractivity contribution in [3.8, 4) is 6.07 Å². The number of carbonyl (C=O) groups excluding carboxylic acids is 3. The van der Waals surface area contributed by atoms with Gasteiger partial charge >= 0.3 is 0 Å². The summed E-state index contributed by atoms with van der Waals surface area (Å²) in [5, 5.41) is 15.0. The highest BCUT2D eigenvalue weighted by Crippen LogP contribution is 2.37. The molecule has 1 fully saturated rings. The van der Waals surface area contributed by atoms with Gasteiger partial charge < -0.3 is 20.4 Å². The van der Waals surface area contributed by atoms with Crippen molar-refractivity contribution in [2.24, 2.45) is 5.92 Å². The minimum Gasteiger partial charge on any atom is -0.385 e. The van der Waals surface area contributed by atoms with Crippen molar-refractivity contribution in [3.63, 3.8) is 0 Å². The Morgan fingerprint density at radius 3 is 2.71 bits per heavy atom. The van der Waals surface area contributed by atoms with Crippen molar-refractivity contribution >= 4 is 40.9 Å². The van der Waals surface area contributed by atoms with Crippen LogP contribution in [-0.2, 0) is 14.4 Å². The smallest absolute Gasteiger partial charge is 0.237 e. The van der Waals surface area contributed by atoms with E-state index in [4.69, 9.17) is 0 Å². The molecule has 0 aliphatic carbocycles. The molecule has 1 aromatic rings. The Balaban J connectivity index is 1.95. The van der Waals surface area contributed by atoms with Gasteiger partial charge in [-0.1, -0.05) is 6.07 Å². The number of nitrogens with one attached hydrogen (secondary N) is 2. The first kappa shape index (κ1) is 24.5. The van der Waals surface area contributed by atoms with Gasteiger partial charge in [0.05, 0.1) is 16.7 Å². The molecule has 0 saturated carbocycles. The number of nitriles is 1. The Hall–Kier alpha value is -2.73. The summed E-state index contributed by atoms with van der Waals surface area (Å²) in [4.78, 5) is 39.8. The van der Waals surface area contributed by atoms with Crippen LogP contribution in [0.25, 0.3) is 0 Å². The topological polar surface area (TPSA) is 106 Å². The molecular weight excluding hydrogens is 414 g/mol. The number of thioether (sulfide) groups is 1. The van der Waals surface area contributed by atoms with Crippen molar-refractivity contribution in [3.05, 3.63) is 24.3 Å². The Morgan fingerprint density at radius 1 is 1.35 bits per heavy atom. The number of benzene rings is 1. The van der Waals surface area contributed by atoms with E-state index >= 15 is 0 Å². The van der Waals surface area contributed by atoms with E-state index in [-0.39, 0.29) is 28.3 Å². The molecule has 1 aliphatic heterocycles. The van der Waals surface area contributed by atoms with Gasteiger partial charge in [-0.2, -0.15) is 5.26 Å². The maximum absolute atomic E-state index is 12.8. The lowest BCUT2D eigenvalue weighted by atomic mass is 10.1. The van der Waals surface area contributed by atoms with Crippen LogP contribution in [0.1, 0.15) is 33.6 Å². The number of anilines is 2. The third-order valence-corrected chi connectivity index (χ3v) is 6.80. The molecule has 2 N–H and O–H groups in total. The van der Waals surface area contributed by atoms with Gasteiger partial charge in [0.25, 0.3) is 0 Å². The van der Waals surface area contributed by atoms with E-state index in [1.165, 1.54) is 18.7 Å². The predicted molar refractivity (Wildman–Crippen MR) is 124 cm³/mol. The zero-order valence-electron chi connectivity index (χ0n) is 18.6. The van der Waals surface area contributed by atoms with Gasteiger partial charge in [0.1, 0.15) is 5.92 Å². The van der Waals surface area contributed by atoms with E-state index < -0.39 is 5.92 Å². The monoisotopic (exact) mass is 445 g/mol. The van der Waals surface area contributed by atoms with Gasteiger partial charge in [-0.05, 0) is 38.5 Å². The molecular formula is C22H31N5O3S. The molecule has 9 heteroatoms. The molecule has 31 heavy (non-hydrogen) atoms. The largest absolute Gasteiger partial charge is 0.385 e. The fourth-order valence-electron chi connectivity index (χ4n) is 3.45. The number of carbonyl (C=O) groups is 3. The van der Waals surface area contributed by atoms with Gasteiger partial charge in [-0.3, -0.25) is 14.4 Å². The standard InChI is InChI=1S/C22H31N5O3S/c1-5-24-21(29)16(14-23)12-20-27(6-2)22(30)19(31-20)10-11-25-17-8-7-9-18(13-17)26(4)15(3)28/h7-9,13,16,19-20,25H,5-6,10-12H2,1-4H3,(H,24,29). The van der Waals surface area contributed by atoms with Crippen molar-refractivity contribution < 1.29 is 14.4 Å². The highest BCUT2D eigenvalue weighted by molar-refractivity contribution is 8.01. The minimum atomic E-state index is -0.766. The van der Waals surface area contributed by atoms with E-state index in [0.29, 0.717) is 32.5 Å². The fourth-order valence-corrected chi connectivity index (χ4v) is 5.04. The Morgan fingerprint density at radius 2 is 2.10 bits per heavy atom. The molecule has 0 radical (unpaired) electrons. The molecule has 0 aromatic heterocycles. The molecule has 1 saturated heterocycles. The Bertz CT molecular complexity index is 841. The van der Waals surface area contributed by atoms with Crippen molar-refractivity contribution in [1.82, 2.24) is 10.2 Å². The average Bonchev–Trinajstić information content (AvgIpc) is 3.05. The van der Waals surface area contributed by atoms with Gasteiger partial charge in [0.15, 0.2) is 0 Å². The van der Waals surface area contributed by atoms with Crippen LogP contribution in [-0.4, -0.2) is 59.9 Å². The third kappa shape index (κ3) is 6.37. The van der Waals surface area contributed by atoms with Gasteiger partial charge in [0.2, 0.25) is 17.7 Å². The van der Waals surface area contributed by atoms with Gasteiger partial charge in [-0.25, -0.2) is 0 Å². The molecule has 1 heterocycles. The van der Waals surface area contributed by atoms with Crippen LogP contribution in [0.2, 0.25) is 0 Å². The van der Waals surface area contributed by atoms with E-state index in [0.717, 1.165) is 11.4 Å². The number of amides is 3. The number of rotatable bonds is 10. The second-order valence-electron chi connectivity index (χ2n) is 7.36. The van der Waals surface area contributed by atoms with E-state index in [9.17, 15) is 19.6 Å². The second-order valence-corrected chi connectivity index (χ2v) is 8.74. The summed E-state index contributed by atoms with van der Waals surface area (Å²) in [6, 6.07) is 9.64. The first-order valence-corrected chi connectivity index (χ1v) is 11.5. The van der Waals surface area contributed by atoms with Crippen LogP contribution in [0.5, 0.6) is 0 Å². The summed E-state index contributed by atoms with van der Waals surface area (Å²) in [6.07, 6.45) is 0.956. The first-order valence-electron chi connectivity index (χ1n) is 10.5. The lowest BCUT2D eigenvalue weighted by Gasteiger charge is -2.23. The van der Waals surface area contributed by atoms with Crippen molar-refractivity contribution in [2.45, 2.75) is 44.2 Å². The van der Waals surface area contributed by atoms with Crippen molar-refractivity contribution in [2.75, 3.05) is 36.9 Å². The Labute approximate surface area is 188 Å². The van der Waals surface area contributed by atoms with Crippen LogP contribution in [0.4, 0.5) is 11.4 Å². The maximum atomic E-state index is 12.8. The number of hydrogen-bond donors (Lipinski definition) is 2. The molecule has 1 aliphatic rings. The zero-order chi connectivity index (χ0) is 23.0. The van der Waals surface area contributed by atoms with E-state index in [1.54, 1.807) is 16.8 Å². The van der Waals surface area contributed by atoms with Crippen LogP contribution < -0.4 is 15.5 Å². The van der Waals surface area contributed by atoms with E-state index in [1.807, 2.05) is 38.1 Å². The van der Waals surface area contributed by atoms with Crippen molar-refractivity contribution in [1.29, 1.82) is 5.26 Å². The first-order chi connectivity index (χ1) is 14.8. The minimum absolute atomic E-state index is 0.0425. The maximum Gasteiger partial charge on any atom is 0.237 e. The zero-order valence-corrected chi connectivity index (χ0v) is 19.4. The average molecular weight is 446 g/mol. The molecule has 0 bridgehead atoms. The molecule has 8 nitrogen and oxygen atoms in total. The lowest BCUT2D eigenvalue weighted by Crippen LogP contribution is -2.38. The fraction of sp³-hybridized carbons (Fsp3) is 0.545. The number of nitrogens with zero attached hydrogens (tertiary/aromatic N) is 3. The molecule has 3 amide bonds. The molecule has 2 rings (SSSR count). The third-order valence-electron chi connectivity index (χ3n) is 5.27. The van der Waals surface area contributed by atoms with Crippen LogP contribution >= 0.6 is 11.8 Å². The summed E-state index contributed by atoms with van der Waals surface area (Å²) in [5.74, 6) is -1.04. The van der Waals surface area contributed by atoms with E-state index in [2.05, 4.69) is 16.7 Å². The quantitative estimate of drug-likeness (QED) is 0.573. The van der Waals surface area contributed by atoms with Crippen LogP contribution in [0.15, 0.2) is 24.3 Å². The number of hydrogen-bond acceptors (Lipinski definition) is 6. The van der Waals surface area contributed by atoms with Gasteiger partial charge in [-0.15, -0.1) is 11.8 Å². The summed E-state index contributed by atoms with van der Waals surface area (Å²) < 4.78 is 0. The summed E-state index contributed by atoms with van der Waals surface area (Å²) >= 11 is 1.53. The normalized spacial score (nSPS) is 18.9. The molecule has 3 unspecified atom stereocenters. The highest BCUT2D eigenvalue weighted by atomic mass is 32.2. The summed E-state index contributed by atoms with van der Waals surface area (Å²) in [5.41, 5.74) is 1.68.